The molecule has 0 spiro atoms. The average molecular weight is 450 g/mol. The number of fused-ring (bicyclic) bond motifs is 1. The van der Waals surface area contributed by atoms with Gasteiger partial charge in [-0.05, 0) is 36.4 Å². The normalized spacial score (nSPS) is 14.5. The van der Waals surface area contributed by atoms with Crippen molar-refractivity contribution in [1.29, 1.82) is 0 Å². The van der Waals surface area contributed by atoms with E-state index in [4.69, 9.17) is 0 Å². The van der Waals surface area contributed by atoms with Gasteiger partial charge in [-0.1, -0.05) is 18.2 Å². The molecule has 1 aromatic heterocycles. The second-order valence-electron chi connectivity index (χ2n) is 7.13. The lowest BCUT2D eigenvalue weighted by Gasteiger charge is -2.35. The summed E-state index contributed by atoms with van der Waals surface area (Å²) in [6.07, 6.45) is 1.55. The van der Waals surface area contributed by atoms with Crippen LogP contribution in [0, 0.1) is 0 Å². The predicted octanol–water partition coefficient (Wildman–Crippen LogP) is 2.08. The number of pyridine rings is 1. The van der Waals surface area contributed by atoms with Gasteiger partial charge in [0.05, 0.1) is 10.3 Å². The molecule has 156 valence electrons. The number of sulfonamides is 1. The third-order valence-corrected chi connectivity index (χ3v) is 6.93. The number of hydrogen-bond donors (Lipinski definition) is 1. The molecule has 10 heteroatoms. The summed E-state index contributed by atoms with van der Waals surface area (Å²) in [7, 11) is -3.86. The van der Waals surface area contributed by atoms with Gasteiger partial charge >= 0.3 is 0 Å². The van der Waals surface area contributed by atoms with E-state index in [0.29, 0.717) is 42.9 Å². The van der Waals surface area contributed by atoms with Gasteiger partial charge in [0, 0.05) is 49.0 Å². The molecule has 1 fully saturated rings. The molecule has 2 radical (unpaired) electrons. The van der Waals surface area contributed by atoms with E-state index < -0.39 is 10.0 Å². The number of para-hydroxylation sites is 1. The zero-order valence-electron chi connectivity index (χ0n) is 16.6. The van der Waals surface area contributed by atoms with Crippen molar-refractivity contribution < 1.29 is 18.0 Å². The Kier molecular flexibility index (Phi) is 5.96. The topological polar surface area (TPSA) is 99.7 Å². The third-order valence-electron chi connectivity index (χ3n) is 5.15. The first-order chi connectivity index (χ1) is 14.8. The van der Waals surface area contributed by atoms with E-state index in [9.17, 15) is 18.0 Å². The van der Waals surface area contributed by atoms with E-state index in [0.717, 1.165) is 5.39 Å². The molecule has 3 aromatic rings. The molecular weight excluding hydrogens is 431 g/mol. The summed E-state index contributed by atoms with van der Waals surface area (Å²) >= 11 is 2.14. The van der Waals surface area contributed by atoms with E-state index in [2.05, 4.69) is 26.0 Å². The molecule has 0 unspecified atom stereocenters. The fraction of sp³-hybridized carbons (Fsp3) is 0.190. The van der Waals surface area contributed by atoms with Crippen molar-refractivity contribution >= 4 is 53.6 Å². The lowest BCUT2D eigenvalue weighted by molar-refractivity contribution is 0.0676. The minimum atomic E-state index is -3.86. The van der Waals surface area contributed by atoms with Crippen LogP contribution in [0.3, 0.4) is 0 Å². The van der Waals surface area contributed by atoms with Crippen LogP contribution in [0.2, 0.25) is 0 Å². The monoisotopic (exact) mass is 450 g/mol. The van der Waals surface area contributed by atoms with Crippen molar-refractivity contribution in [2.45, 2.75) is 4.90 Å². The molecule has 1 saturated heterocycles. The summed E-state index contributed by atoms with van der Waals surface area (Å²) in [5.41, 5.74) is 1.20. The standard InChI is InChI=1S/C21H19N4O4S.Al/c26-15-24-11-13-25(14-12-24)21(27)17-6-8-18(9-7-17)23-30(28,29)19-5-1-3-16-4-2-10-22-20(16)19;/h1-10,23H,11-14H2;. The zero-order valence-corrected chi connectivity index (χ0v) is 18.5. The molecule has 2 aromatic carbocycles. The number of piperazine rings is 1. The largest absolute Gasteiger partial charge is 0.357 e. The molecule has 0 aliphatic carbocycles. The number of rotatable bonds is 4. The van der Waals surface area contributed by atoms with Gasteiger partial charge in [-0.2, -0.15) is 0 Å². The molecule has 2 heterocycles. The van der Waals surface area contributed by atoms with Crippen LogP contribution in [-0.2, 0) is 10.0 Å². The molecule has 31 heavy (non-hydrogen) atoms. The van der Waals surface area contributed by atoms with E-state index >= 15 is 0 Å². The number of nitrogens with zero attached hydrogens (tertiary/aromatic N) is 3. The lowest BCUT2D eigenvalue weighted by atomic mass is 10.1. The quantitative estimate of drug-likeness (QED) is 0.614. The molecule has 1 N–H and O–H groups in total. The molecule has 8 nitrogen and oxygen atoms in total. The Hall–Kier alpha value is -2.93. The van der Waals surface area contributed by atoms with Gasteiger partial charge in [0.25, 0.3) is 32.2 Å². The second-order valence-corrected chi connectivity index (χ2v) is 9.28. The highest BCUT2D eigenvalue weighted by Crippen LogP contribution is 2.23. The molecule has 4 rings (SSSR count). The Morgan fingerprint density at radius 3 is 2.23 bits per heavy atom. The molecule has 1 aliphatic rings. The van der Waals surface area contributed by atoms with Crippen LogP contribution in [0.25, 0.3) is 10.9 Å². The summed E-state index contributed by atoms with van der Waals surface area (Å²) in [5.74, 6) is -0.150. The van der Waals surface area contributed by atoms with Crippen LogP contribution in [0.5, 0.6) is 0 Å². The van der Waals surface area contributed by atoms with E-state index in [1.54, 1.807) is 64.5 Å². The van der Waals surface area contributed by atoms with E-state index in [1.807, 2.05) is 0 Å². The minimum absolute atomic E-state index is 0.0786. The number of aromatic nitrogens is 1. The van der Waals surface area contributed by atoms with Gasteiger partial charge in [0.15, 0.2) is 0 Å². The number of benzene rings is 2. The predicted molar refractivity (Wildman–Crippen MR) is 118 cm³/mol. The maximum atomic E-state index is 12.9. The highest BCUT2D eigenvalue weighted by atomic mass is 32.2. The highest BCUT2D eigenvalue weighted by Gasteiger charge is 2.23. The molecule has 0 saturated carbocycles. The fourth-order valence-corrected chi connectivity index (χ4v) is 4.99. The summed E-state index contributed by atoms with van der Waals surface area (Å²) < 4.78 is 28.3. The Morgan fingerprint density at radius 1 is 0.903 bits per heavy atom. The fourth-order valence-electron chi connectivity index (χ4n) is 3.50. The van der Waals surface area contributed by atoms with Gasteiger partial charge in [-0.3, -0.25) is 14.5 Å². The first kappa shape index (κ1) is 21.3. The summed E-state index contributed by atoms with van der Waals surface area (Å²) in [6, 6.07) is 14.8. The van der Waals surface area contributed by atoms with Crippen LogP contribution in [0.15, 0.2) is 65.7 Å². The SMILES string of the molecule is O=[C]([Al])N1CCN(C(=O)c2ccc(NS(=O)(=O)c3cccc4cccnc34)cc2)CC1. The van der Waals surface area contributed by atoms with Crippen molar-refractivity contribution in [1.82, 2.24) is 14.8 Å². The van der Waals surface area contributed by atoms with Gasteiger partial charge < -0.3 is 14.6 Å². The third kappa shape index (κ3) is 4.56. The smallest absolute Gasteiger partial charge is 0.281 e. The van der Waals surface area contributed by atoms with Crippen LogP contribution in [-0.4, -0.2) is 76.3 Å². The van der Waals surface area contributed by atoms with Crippen molar-refractivity contribution in [3.8, 4) is 0 Å². The van der Waals surface area contributed by atoms with E-state index in [1.165, 1.54) is 6.07 Å². The summed E-state index contributed by atoms with van der Waals surface area (Å²) in [5, 5.41) is 0.731. The van der Waals surface area contributed by atoms with E-state index in [-0.39, 0.29) is 15.6 Å². The number of hydrogen-bond acceptors (Lipinski definition) is 5. The van der Waals surface area contributed by atoms with Crippen LogP contribution in [0.1, 0.15) is 10.4 Å². The van der Waals surface area contributed by atoms with Crippen molar-refractivity contribution in [3.63, 3.8) is 0 Å². The maximum absolute atomic E-state index is 12.9. The zero-order chi connectivity index (χ0) is 22.0. The first-order valence-electron chi connectivity index (χ1n) is 9.65. The summed E-state index contributed by atoms with van der Waals surface area (Å²) in [6.45, 7) is 1.90. The van der Waals surface area contributed by atoms with Crippen LogP contribution in [0.4, 0.5) is 10.5 Å². The number of carbonyl (C=O) groups excluding carboxylic acids is 2. The number of anilines is 1. The van der Waals surface area contributed by atoms with Crippen molar-refractivity contribution in [2.75, 3.05) is 30.9 Å². The van der Waals surface area contributed by atoms with Crippen LogP contribution >= 0.6 is 0 Å². The Labute approximate surface area is 188 Å². The summed E-state index contributed by atoms with van der Waals surface area (Å²) in [4.78, 5) is 31.8. The lowest BCUT2D eigenvalue weighted by Crippen LogP contribution is -2.50. The van der Waals surface area contributed by atoms with Crippen molar-refractivity contribution in [2.24, 2.45) is 0 Å². The molecule has 2 amide bonds. The maximum Gasteiger partial charge on any atom is 0.281 e. The molecule has 0 bridgehead atoms. The highest BCUT2D eigenvalue weighted by molar-refractivity contribution is 7.93. The molecular formula is C21H19AlN4O4S. The molecule has 0 atom stereocenters. The van der Waals surface area contributed by atoms with Crippen molar-refractivity contribution in [3.05, 3.63) is 66.4 Å². The Balaban J connectivity index is 1.48. The minimum Gasteiger partial charge on any atom is -0.357 e. The van der Waals surface area contributed by atoms with Gasteiger partial charge in [-0.15, -0.1) is 0 Å². The van der Waals surface area contributed by atoms with Gasteiger partial charge in [0.2, 0.25) is 0 Å². The number of amides is 2. The number of carbonyl (C=O) groups is 2. The average Bonchev–Trinajstić information content (AvgIpc) is 2.78. The van der Waals surface area contributed by atoms with Crippen LogP contribution < -0.4 is 4.72 Å². The second kappa shape index (κ2) is 8.67. The Morgan fingerprint density at radius 2 is 1.55 bits per heavy atom. The Bertz CT molecular complexity index is 1230. The van der Waals surface area contributed by atoms with Gasteiger partial charge in [0.1, 0.15) is 4.90 Å². The molecule has 1 aliphatic heterocycles. The van der Waals surface area contributed by atoms with Gasteiger partial charge in [-0.25, -0.2) is 8.42 Å². The number of nitrogens with one attached hydrogen (secondary N) is 1. The first-order valence-corrected chi connectivity index (χ1v) is 11.7.